The summed E-state index contributed by atoms with van der Waals surface area (Å²) in [6.45, 7) is 0.320. The van der Waals surface area contributed by atoms with Crippen molar-refractivity contribution in [1.29, 1.82) is 0 Å². The van der Waals surface area contributed by atoms with Crippen molar-refractivity contribution in [3.63, 3.8) is 0 Å². The quantitative estimate of drug-likeness (QED) is 0.644. The van der Waals surface area contributed by atoms with Crippen molar-refractivity contribution in [3.05, 3.63) is 36.7 Å². The molecule has 1 unspecified atom stereocenters. The Hall–Kier alpha value is -3.04. The largest absolute Gasteiger partial charge is 0.465 e. The van der Waals surface area contributed by atoms with E-state index in [1.165, 1.54) is 17.2 Å². The van der Waals surface area contributed by atoms with Crippen LogP contribution < -0.4 is 10.6 Å². The highest BCUT2D eigenvalue weighted by Crippen LogP contribution is 2.43. The molecule has 24 heavy (non-hydrogen) atoms. The van der Waals surface area contributed by atoms with Gasteiger partial charge in [0.2, 0.25) is 5.91 Å². The maximum absolute atomic E-state index is 12.5. The monoisotopic (exact) mass is 331 g/mol. The zero-order chi connectivity index (χ0) is 17.0. The van der Waals surface area contributed by atoms with Gasteiger partial charge < -0.3 is 15.7 Å². The van der Waals surface area contributed by atoms with E-state index in [1.807, 2.05) is 0 Å². The average molecular weight is 331 g/mol. The summed E-state index contributed by atoms with van der Waals surface area (Å²) in [6, 6.07) is 0.794. The molecule has 0 spiro atoms. The summed E-state index contributed by atoms with van der Waals surface area (Å²) in [4.78, 5) is 33.3. The van der Waals surface area contributed by atoms with Crippen LogP contribution in [0.4, 0.5) is 4.79 Å². The number of nitrogens with zero attached hydrogens (tertiary/aromatic N) is 5. The van der Waals surface area contributed by atoms with Gasteiger partial charge in [0.25, 0.3) is 0 Å². The lowest BCUT2D eigenvalue weighted by Crippen LogP contribution is -2.50. The predicted octanol–water partition coefficient (Wildman–Crippen LogP) is -0.100. The summed E-state index contributed by atoms with van der Waals surface area (Å²) >= 11 is 0. The van der Waals surface area contributed by atoms with Gasteiger partial charge in [0, 0.05) is 12.4 Å². The molecule has 0 aliphatic heterocycles. The molecular formula is C14H17N7O3. The van der Waals surface area contributed by atoms with Gasteiger partial charge >= 0.3 is 6.09 Å². The van der Waals surface area contributed by atoms with Crippen molar-refractivity contribution in [2.45, 2.75) is 37.4 Å². The third-order valence-electron chi connectivity index (χ3n) is 3.80. The molecule has 1 aliphatic carbocycles. The predicted molar refractivity (Wildman–Crippen MR) is 80.7 cm³/mol. The number of nitrogens with one attached hydrogen (secondary N) is 2. The van der Waals surface area contributed by atoms with Crippen LogP contribution in [-0.4, -0.2) is 48.1 Å². The molecule has 1 atom stereocenters. The Kier molecular flexibility index (Phi) is 4.36. The van der Waals surface area contributed by atoms with E-state index in [1.54, 1.807) is 18.5 Å². The molecule has 2 aromatic heterocycles. The minimum atomic E-state index is -1.26. The second kappa shape index (κ2) is 6.60. The SMILES string of the molecule is O=C(O)NC(CCn1nccn1)C(=O)NC1(c2ncccn2)CC1. The third-order valence-corrected chi connectivity index (χ3v) is 3.80. The van der Waals surface area contributed by atoms with E-state index in [-0.39, 0.29) is 6.42 Å². The van der Waals surface area contributed by atoms with Crippen LogP contribution in [0.2, 0.25) is 0 Å². The minimum absolute atomic E-state index is 0.235. The van der Waals surface area contributed by atoms with Crippen LogP contribution in [0.3, 0.4) is 0 Å². The Morgan fingerprint density at radius 3 is 2.46 bits per heavy atom. The second-order valence-electron chi connectivity index (χ2n) is 5.56. The van der Waals surface area contributed by atoms with Crippen molar-refractivity contribution >= 4 is 12.0 Å². The molecule has 2 aromatic rings. The van der Waals surface area contributed by atoms with E-state index in [2.05, 4.69) is 30.8 Å². The van der Waals surface area contributed by atoms with Crippen molar-refractivity contribution in [1.82, 2.24) is 35.6 Å². The number of carbonyl (C=O) groups excluding carboxylic acids is 1. The molecule has 0 bridgehead atoms. The van der Waals surface area contributed by atoms with E-state index in [0.717, 1.165) is 12.8 Å². The molecule has 1 saturated carbocycles. The van der Waals surface area contributed by atoms with Gasteiger partial charge in [-0.3, -0.25) is 4.79 Å². The van der Waals surface area contributed by atoms with E-state index < -0.39 is 23.6 Å². The first kappa shape index (κ1) is 15.8. The highest BCUT2D eigenvalue weighted by Gasteiger charge is 2.49. The van der Waals surface area contributed by atoms with Crippen LogP contribution >= 0.6 is 0 Å². The molecule has 2 amide bonds. The number of hydrogen-bond donors (Lipinski definition) is 3. The molecule has 10 heteroatoms. The molecule has 0 saturated heterocycles. The molecule has 3 rings (SSSR count). The first-order valence-corrected chi connectivity index (χ1v) is 7.52. The van der Waals surface area contributed by atoms with Crippen molar-refractivity contribution in [2.24, 2.45) is 0 Å². The molecule has 3 N–H and O–H groups in total. The normalized spacial score (nSPS) is 16.2. The zero-order valence-electron chi connectivity index (χ0n) is 12.8. The van der Waals surface area contributed by atoms with Crippen LogP contribution in [0.1, 0.15) is 25.1 Å². The summed E-state index contributed by atoms with van der Waals surface area (Å²) in [5, 5.41) is 22.0. The molecule has 1 aliphatic rings. The molecule has 0 aromatic carbocycles. The summed E-state index contributed by atoms with van der Waals surface area (Å²) in [7, 11) is 0. The number of carbonyl (C=O) groups is 2. The second-order valence-corrected chi connectivity index (χ2v) is 5.56. The van der Waals surface area contributed by atoms with E-state index in [9.17, 15) is 9.59 Å². The summed E-state index contributed by atoms with van der Waals surface area (Å²) < 4.78 is 0. The smallest absolute Gasteiger partial charge is 0.405 e. The van der Waals surface area contributed by atoms with Crippen molar-refractivity contribution < 1.29 is 14.7 Å². The lowest BCUT2D eigenvalue weighted by atomic mass is 10.1. The van der Waals surface area contributed by atoms with Crippen molar-refractivity contribution in [3.8, 4) is 0 Å². The maximum atomic E-state index is 12.5. The average Bonchev–Trinajstić information content (AvgIpc) is 3.16. The topological polar surface area (TPSA) is 135 Å². The molecule has 1 fully saturated rings. The van der Waals surface area contributed by atoms with Crippen LogP contribution in [0, 0.1) is 0 Å². The Labute approximate surface area is 137 Å². The molecule has 10 nitrogen and oxygen atoms in total. The van der Waals surface area contributed by atoms with Gasteiger partial charge in [-0.25, -0.2) is 14.8 Å². The van der Waals surface area contributed by atoms with Crippen LogP contribution in [-0.2, 0) is 16.9 Å². The molecule has 2 heterocycles. The number of aromatic nitrogens is 5. The van der Waals surface area contributed by atoms with Gasteiger partial charge in [-0.1, -0.05) is 0 Å². The Balaban J connectivity index is 1.66. The van der Waals surface area contributed by atoms with Crippen LogP contribution in [0.25, 0.3) is 0 Å². The fraction of sp³-hybridized carbons (Fsp3) is 0.429. The summed E-state index contributed by atoms with van der Waals surface area (Å²) in [5.41, 5.74) is -0.597. The first-order valence-electron chi connectivity index (χ1n) is 7.52. The number of hydrogen-bond acceptors (Lipinski definition) is 6. The third kappa shape index (κ3) is 3.65. The van der Waals surface area contributed by atoms with Gasteiger partial charge in [-0.05, 0) is 25.3 Å². The minimum Gasteiger partial charge on any atom is -0.465 e. The van der Waals surface area contributed by atoms with Gasteiger partial charge in [0.05, 0.1) is 18.9 Å². The van der Waals surface area contributed by atoms with E-state index >= 15 is 0 Å². The lowest BCUT2D eigenvalue weighted by molar-refractivity contribution is -0.124. The fourth-order valence-corrected chi connectivity index (χ4v) is 2.42. The number of amides is 2. The molecule has 0 radical (unpaired) electrons. The van der Waals surface area contributed by atoms with Gasteiger partial charge in [0.1, 0.15) is 11.6 Å². The van der Waals surface area contributed by atoms with E-state index in [4.69, 9.17) is 5.11 Å². The Bertz CT molecular complexity index is 700. The maximum Gasteiger partial charge on any atom is 0.405 e. The van der Waals surface area contributed by atoms with E-state index in [0.29, 0.717) is 12.4 Å². The number of carboxylic acid groups (broad SMARTS) is 1. The van der Waals surface area contributed by atoms with Gasteiger partial charge in [0.15, 0.2) is 5.82 Å². The standard InChI is InChI=1S/C14H17N7O3/c22-11(20-14(3-4-14)12-15-5-1-6-16-12)10(19-13(23)24)2-9-21-17-7-8-18-21/h1,5-8,10,19H,2-4,9H2,(H,20,22)(H,23,24). The van der Waals surface area contributed by atoms with Crippen LogP contribution in [0.5, 0.6) is 0 Å². The summed E-state index contributed by atoms with van der Waals surface area (Å²) in [6.07, 6.45) is 6.70. The molecular weight excluding hydrogens is 314 g/mol. The number of aryl methyl sites for hydroxylation is 1. The number of rotatable bonds is 7. The van der Waals surface area contributed by atoms with Crippen molar-refractivity contribution in [2.75, 3.05) is 0 Å². The lowest BCUT2D eigenvalue weighted by Gasteiger charge is -2.21. The van der Waals surface area contributed by atoms with Gasteiger partial charge in [-0.2, -0.15) is 15.0 Å². The zero-order valence-corrected chi connectivity index (χ0v) is 12.8. The highest BCUT2D eigenvalue weighted by molar-refractivity contribution is 5.86. The molecule has 126 valence electrons. The summed E-state index contributed by atoms with van der Waals surface area (Å²) in [5.74, 6) is 0.135. The Morgan fingerprint density at radius 1 is 1.21 bits per heavy atom. The van der Waals surface area contributed by atoms with Gasteiger partial charge in [-0.15, -0.1) is 0 Å². The fourth-order valence-electron chi connectivity index (χ4n) is 2.42. The first-order chi connectivity index (χ1) is 11.6. The highest BCUT2D eigenvalue weighted by atomic mass is 16.4. The van der Waals surface area contributed by atoms with Crippen LogP contribution in [0.15, 0.2) is 30.9 Å². The Morgan fingerprint density at radius 2 is 1.88 bits per heavy atom.